The molecule has 0 saturated carbocycles. The number of benzene rings is 4. The van der Waals surface area contributed by atoms with Crippen LogP contribution in [-0.4, -0.2) is 42.8 Å². The van der Waals surface area contributed by atoms with E-state index in [2.05, 4.69) is 5.32 Å². The van der Waals surface area contributed by atoms with E-state index in [0.717, 1.165) is 0 Å². The first-order chi connectivity index (χ1) is 23.3. The predicted octanol–water partition coefficient (Wildman–Crippen LogP) is 7.31. The zero-order valence-electron chi connectivity index (χ0n) is 26.1. The van der Waals surface area contributed by atoms with Crippen LogP contribution >= 0.6 is 0 Å². The molecule has 1 aliphatic rings. The molecule has 0 saturated heterocycles. The summed E-state index contributed by atoms with van der Waals surface area (Å²) in [4.78, 5) is 19.2. The third-order valence-corrected chi connectivity index (χ3v) is 7.84. The van der Waals surface area contributed by atoms with Crippen LogP contribution in [0.5, 0.6) is 11.5 Å². The van der Waals surface area contributed by atoms with Gasteiger partial charge in [-0.2, -0.15) is 26.3 Å². The Morgan fingerprint density at radius 2 is 1.53 bits per heavy atom. The zero-order chi connectivity index (χ0) is 35.2. The molecule has 1 aliphatic heterocycles. The van der Waals surface area contributed by atoms with E-state index < -0.39 is 53.1 Å². The SMILES string of the molecule is COc1cccc([C@H]2OC(c3ccc(OCCCO)cc3)=N[C@@]2(Cc2ccccc2)C(=O)NCc2cc(C(F)(F)F)cc(C(F)(F)F)c2)c1. The van der Waals surface area contributed by atoms with Gasteiger partial charge in [0, 0.05) is 31.6 Å². The lowest BCUT2D eigenvalue weighted by atomic mass is 9.82. The van der Waals surface area contributed by atoms with Crippen LogP contribution in [0.2, 0.25) is 0 Å². The highest BCUT2D eigenvalue weighted by Gasteiger charge is 2.53. The Morgan fingerprint density at radius 1 is 0.857 bits per heavy atom. The number of hydrogen-bond acceptors (Lipinski definition) is 6. The van der Waals surface area contributed by atoms with Crippen LogP contribution in [0.1, 0.15) is 45.9 Å². The molecule has 13 heteroatoms. The molecule has 4 aromatic carbocycles. The maximum atomic E-state index is 14.4. The van der Waals surface area contributed by atoms with E-state index in [-0.39, 0.29) is 25.0 Å². The van der Waals surface area contributed by atoms with Crippen molar-refractivity contribution in [3.05, 3.63) is 130 Å². The molecule has 0 fully saturated rings. The monoisotopic (exact) mass is 686 g/mol. The number of rotatable bonds is 12. The highest BCUT2D eigenvalue weighted by atomic mass is 19.4. The van der Waals surface area contributed by atoms with Gasteiger partial charge in [0.25, 0.3) is 5.91 Å². The van der Waals surface area contributed by atoms with E-state index in [1.165, 1.54) is 7.11 Å². The Balaban J connectivity index is 1.57. The van der Waals surface area contributed by atoms with Gasteiger partial charge in [-0.25, -0.2) is 4.99 Å². The molecule has 49 heavy (non-hydrogen) atoms. The summed E-state index contributed by atoms with van der Waals surface area (Å²) in [5.41, 5.74) is -3.51. The quantitative estimate of drug-likeness (QED) is 0.121. The van der Waals surface area contributed by atoms with Gasteiger partial charge < -0.3 is 24.6 Å². The summed E-state index contributed by atoms with van der Waals surface area (Å²) in [6, 6.07) is 23.5. The summed E-state index contributed by atoms with van der Waals surface area (Å²) in [6.07, 6.45) is -10.8. The number of halogens is 6. The second kappa shape index (κ2) is 14.6. The third kappa shape index (κ3) is 8.34. The van der Waals surface area contributed by atoms with Crippen LogP contribution in [0.3, 0.4) is 0 Å². The van der Waals surface area contributed by atoms with Gasteiger partial charge in [0.2, 0.25) is 5.90 Å². The van der Waals surface area contributed by atoms with Gasteiger partial charge in [-0.05, 0) is 71.3 Å². The first-order valence-corrected chi connectivity index (χ1v) is 15.2. The number of nitrogens with one attached hydrogen (secondary N) is 1. The van der Waals surface area contributed by atoms with Crippen LogP contribution in [0.4, 0.5) is 26.3 Å². The molecule has 4 aromatic rings. The summed E-state index contributed by atoms with van der Waals surface area (Å²) < 4.78 is 98.9. The van der Waals surface area contributed by atoms with Crippen molar-refractivity contribution >= 4 is 11.8 Å². The molecule has 258 valence electrons. The Hall–Kier alpha value is -5.04. The molecule has 0 radical (unpaired) electrons. The molecule has 0 unspecified atom stereocenters. The zero-order valence-corrected chi connectivity index (χ0v) is 26.1. The Kier molecular flexibility index (Phi) is 10.5. The average molecular weight is 687 g/mol. The summed E-state index contributed by atoms with van der Waals surface area (Å²) in [5, 5.41) is 11.6. The standard InChI is InChI=1S/C36H32F6N2O5/c1-47-30-10-5-9-26(19-30)31-34(21-23-7-3-2-4-8-23,44-32(49-31)25-11-13-29(14-12-25)48-16-6-15-45)33(46)43-22-24-17-27(35(37,38)39)20-28(18-24)36(40,41)42/h2-5,7-14,17-20,31,45H,6,15-16,21-22H2,1H3,(H,43,46)/t31-,34-/m1/s1. The highest BCUT2D eigenvalue weighted by Crippen LogP contribution is 2.43. The molecule has 7 nitrogen and oxygen atoms in total. The Bertz CT molecular complexity index is 1750. The lowest BCUT2D eigenvalue weighted by Gasteiger charge is -2.31. The molecule has 1 heterocycles. The minimum atomic E-state index is -5.05. The van der Waals surface area contributed by atoms with Crippen molar-refractivity contribution in [2.45, 2.75) is 43.4 Å². The first-order valence-electron chi connectivity index (χ1n) is 15.2. The van der Waals surface area contributed by atoms with Crippen molar-refractivity contribution in [1.82, 2.24) is 5.32 Å². The number of aliphatic hydroxyl groups excluding tert-OH is 1. The second-order valence-electron chi connectivity index (χ2n) is 11.3. The van der Waals surface area contributed by atoms with E-state index in [0.29, 0.717) is 53.3 Å². The van der Waals surface area contributed by atoms with Crippen LogP contribution in [0.25, 0.3) is 0 Å². The van der Waals surface area contributed by atoms with E-state index in [9.17, 15) is 31.1 Å². The fourth-order valence-electron chi connectivity index (χ4n) is 5.45. The molecule has 0 aliphatic carbocycles. The highest BCUT2D eigenvalue weighted by molar-refractivity contribution is 6.01. The van der Waals surface area contributed by atoms with Crippen LogP contribution < -0.4 is 14.8 Å². The fourth-order valence-corrected chi connectivity index (χ4v) is 5.45. The molecule has 0 aromatic heterocycles. The van der Waals surface area contributed by atoms with Crippen LogP contribution in [0, 0.1) is 0 Å². The number of nitrogens with zero attached hydrogens (tertiary/aromatic N) is 1. The number of carbonyl (C=O) groups is 1. The number of aliphatic hydroxyl groups is 1. The van der Waals surface area contributed by atoms with Crippen LogP contribution in [0.15, 0.2) is 102 Å². The molecule has 5 rings (SSSR count). The Morgan fingerprint density at radius 3 is 2.14 bits per heavy atom. The number of amides is 1. The first kappa shape index (κ1) is 35.3. The number of carbonyl (C=O) groups excluding carboxylic acids is 1. The summed E-state index contributed by atoms with van der Waals surface area (Å²) in [7, 11) is 1.47. The van der Waals surface area contributed by atoms with Gasteiger partial charge in [-0.3, -0.25) is 4.79 Å². The normalized spacial score (nSPS) is 17.6. The van der Waals surface area contributed by atoms with Gasteiger partial charge >= 0.3 is 12.4 Å². The predicted molar refractivity (Wildman–Crippen MR) is 168 cm³/mol. The number of methoxy groups -OCH3 is 1. The van der Waals surface area contributed by atoms with E-state index >= 15 is 0 Å². The third-order valence-electron chi connectivity index (χ3n) is 7.84. The lowest BCUT2D eigenvalue weighted by Crippen LogP contribution is -2.49. The van der Waals surface area contributed by atoms with E-state index in [1.54, 1.807) is 78.9 Å². The van der Waals surface area contributed by atoms with Crippen molar-refractivity contribution in [2.24, 2.45) is 4.99 Å². The summed E-state index contributed by atoms with van der Waals surface area (Å²) >= 11 is 0. The fraction of sp³-hybridized carbons (Fsp3) is 0.278. The van der Waals surface area contributed by atoms with Crippen molar-refractivity contribution in [3.63, 3.8) is 0 Å². The molecule has 0 bridgehead atoms. The molecular formula is C36H32F6N2O5. The van der Waals surface area contributed by atoms with Crippen LogP contribution in [-0.2, 0) is 34.8 Å². The topological polar surface area (TPSA) is 89.4 Å². The van der Waals surface area contributed by atoms with Crippen molar-refractivity contribution in [3.8, 4) is 11.5 Å². The van der Waals surface area contributed by atoms with Gasteiger partial charge in [0.05, 0.1) is 24.8 Å². The van der Waals surface area contributed by atoms with Gasteiger partial charge in [0.1, 0.15) is 11.5 Å². The minimum absolute atomic E-state index is 0.0305. The Labute approximate surface area is 278 Å². The minimum Gasteiger partial charge on any atom is -0.497 e. The summed E-state index contributed by atoms with van der Waals surface area (Å²) in [5.74, 6) is 0.276. The number of alkyl halides is 6. The molecule has 1 amide bonds. The lowest BCUT2D eigenvalue weighted by molar-refractivity contribution is -0.143. The maximum Gasteiger partial charge on any atom is 0.416 e. The number of ether oxygens (including phenoxy) is 3. The molecular weight excluding hydrogens is 654 g/mol. The van der Waals surface area contributed by atoms with Crippen molar-refractivity contribution in [1.29, 1.82) is 0 Å². The van der Waals surface area contributed by atoms with Crippen molar-refractivity contribution < 1.29 is 50.5 Å². The second-order valence-corrected chi connectivity index (χ2v) is 11.3. The molecule has 2 atom stereocenters. The van der Waals surface area contributed by atoms with Crippen molar-refractivity contribution in [2.75, 3.05) is 20.3 Å². The largest absolute Gasteiger partial charge is 0.497 e. The summed E-state index contributed by atoms with van der Waals surface area (Å²) in [6.45, 7) is -0.392. The van der Waals surface area contributed by atoms with E-state index in [4.69, 9.17) is 24.3 Å². The van der Waals surface area contributed by atoms with Gasteiger partial charge in [-0.1, -0.05) is 42.5 Å². The number of hydrogen-bond donors (Lipinski definition) is 2. The van der Waals surface area contributed by atoms with E-state index in [1.807, 2.05) is 0 Å². The average Bonchev–Trinajstić information content (AvgIpc) is 3.47. The number of aliphatic imine (C=N–C) groups is 1. The molecule has 2 N–H and O–H groups in total. The van der Waals surface area contributed by atoms with Gasteiger partial charge in [0.15, 0.2) is 11.6 Å². The molecule has 0 spiro atoms. The van der Waals surface area contributed by atoms with Gasteiger partial charge in [-0.15, -0.1) is 0 Å². The smallest absolute Gasteiger partial charge is 0.416 e. The maximum absolute atomic E-state index is 14.4.